The van der Waals surface area contributed by atoms with Crippen molar-refractivity contribution in [3.05, 3.63) is 23.8 Å². The molecule has 1 saturated carbocycles. The molecule has 0 heterocycles. The van der Waals surface area contributed by atoms with Gasteiger partial charge in [0.1, 0.15) is 0 Å². The van der Waals surface area contributed by atoms with E-state index in [-0.39, 0.29) is 5.92 Å². The van der Waals surface area contributed by atoms with E-state index < -0.39 is 12.1 Å². The molecule has 1 fully saturated rings. The number of rotatable bonds is 1. The van der Waals surface area contributed by atoms with Crippen LogP contribution in [0.3, 0.4) is 0 Å². The van der Waals surface area contributed by atoms with Crippen LogP contribution >= 0.6 is 0 Å². The van der Waals surface area contributed by atoms with Crippen molar-refractivity contribution in [1.29, 1.82) is 0 Å². The molecule has 0 aromatic rings. The highest BCUT2D eigenvalue weighted by Crippen LogP contribution is 2.54. The van der Waals surface area contributed by atoms with Crippen molar-refractivity contribution in [3.63, 3.8) is 0 Å². The fourth-order valence-corrected chi connectivity index (χ4v) is 1.71. The monoisotopic (exact) mass is 174 g/mol. The number of hydrogen-bond acceptors (Lipinski definition) is 0. The quantitative estimate of drug-likeness (QED) is 0.573. The Bertz CT molecular complexity index is 247. The van der Waals surface area contributed by atoms with E-state index in [1.807, 2.05) is 18.2 Å². The predicted molar refractivity (Wildman–Crippen MR) is 39.5 cm³/mol. The number of allylic oxidation sites excluding steroid dienone is 4. The second kappa shape index (κ2) is 2.38. The normalized spacial score (nSPS) is 33.8. The zero-order valence-electron chi connectivity index (χ0n) is 6.43. The molecular formula is C9H9F3. The van der Waals surface area contributed by atoms with E-state index in [0.29, 0.717) is 6.42 Å². The fraction of sp³-hybridized carbons (Fsp3) is 0.556. The zero-order valence-corrected chi connectivity index (χ0v) is 6.43. The number of halogens is 3. The van der Waals surface area contributed by atoms with Gasteiger partial charge in [-0.05, 0) is 18.8 Å². The summed E-state index contributed by atoms with van der Waals surface area (Å²) in [6.45, 7) is 0. The maximum absolute atomic E-state index is 12.1. The summed E-state index contributed by atoms with van der Waals surface area (Å²) in [5, 5.41) is 0. The van der Waals surface area contributed by atoms with Crippen LogP contribution in [0.25, 0.3) is 0 Å². The summed E-state index contributed by atoms with van der Waals surface area (Å²) in [6, 6.07) is 0. The van der Waals surface area contributed by atoms with Crippen LogP contribution in [0, 0.1) is 11.8 Å². The summed E-state index contributed by atoms with van der Waals surface area (Å²) < 4.78 is 36.3. The zero-order chi connectivity index (χ0) is 8.77. The van der Waals surface area contributed by atoms with Crippen LogP contribution in [0.5, 0.6) is 0 Å². The minimum absolute atomic E-state index is 0.208. The van der Waals surface area contributed by atoms with Gasteiger partial charge in [-0.2, -0.15) is 13.2 Å². The van der Waals surface area contributed by atoms with Gasteiger partial charge in [0, 0.05) is 0 Å². The van der Waals surface area contributed by atoms with Crippen molar-refractivity contribution in [2.75, 3.05) is 0 Å². The average Bonchev–Trinajstić information content (AvgIpc) is 2.60. The minimum Gasteiger partial charge on any atom is -0.171 e. The molecule has 3 heteroatoms. The Balaban J connectivity index is 1.96. The van der Waals surface area contributed by atoms with Crippen LogP contribution < -0.4 is 0 Å². The highest BCUT2D eigenvalue weighted by atomic mass is 19.4. The summed E-state index contributed by atoms with van der Waals surface area (Å²) >= 11 is 0. The highest BCUT2D eigenvalue weighted by molar-refractivity contribution is 5.29. The first kappa shape index (κ1) is 7.90. The first-order chi connectivity index (χ1) is 5.59. The lowest BCUT2D eigenvalue weighted by atomic mass is 10.1. The summed E-state index contributed by atoms with van der Waals surface area (Å²) in [6.07, 6.45) is 2.60. The third-order valence-electron chi connectivity index (χ3n) is 2.49. The molecule has 2 aliphatic rings. The minimum atomic E-state index is -3.98. The van der Waals surface area contributed by atoms with E-state index in [0.717, 1.165) is 12.0 Å². The summed E-state index contributed by atoms with van der Waals surface area (Å²) in [5.74, 6) is -1.26. The molecule has 0 aliphatic heterocycles. The molecule has 0 aromatic carbocycles. The lowest BCUT2D eigenvalue weighted by Crippen LogP contribution is -2.12. The smallest absolute Gasteiger partial charge is 0.171 e. The van der Waals surface area contributed by atoms with Gasteiger partial charge in [0.15, 0.2) is 0 Å². The van der Waals surface area contributed by atoms with Gasteiger partial charge in [-0.25, -0.2) is 0 Å². The van der Waals surface area contributed by atoms with Crippen LogP contribution in [0.1, 0.15) is 12.8 Å². The van der Waals surface area contributed by atoms with E-state index >= 15 is 0 Å². The van der Waals surface area contributed by atoms with Gasteiger partial charge in [-0.3, -0.25) is 0 Å². The molecule has 2 rings (SSSR count). The van der Waals surface area contributed by atoms with Crippen molar-refractivity contribution in [1.82, 2.24) is 0 Å². The van der Waals surface area contributed by atoms with E-state index in [1.54, 1.807) is 0 Å². The van der Waals surface area contributed by atoms with Gasteiger partial charge in [-0.1, -0.05) is 23.8 Å². The predicted octanol–water partition coefficient (Wildman–Crippen LogP) is 3.07. The topological polar surface area (TPSA) is 0 Å². The van der Waals surface area contributed by atoms with Crippen molar-refractivity contribution < 1.29 is 13.2 Å². The van der Waals surface area contributed by atoms with Crippen LogP contribution in [0.2, 0.25) is 0 Å². The molecule has 0 amide bonds. The van der Waals surface area contributed by atoms with E-state index in [2.05, 4.69) is 0 Å². The molecule has 2 atom stereocenters. The van der Waals surface area contributed by atoms with Crippen LogP contribution in [0.4, 0.5) is 13.2 Å². The van der Waals surface area contributed by atoms with Gasteiger partial charge in [-0.15, -0.1) is 0 Å². The molecule has 2 aliphatic carbocycles. The molecule has 0 saturated heterocycles. The number of hydrogen-bond donors (Lipinski definition) is 0. The van der Waals surface area contributed by atoms with Gasteiger partial charge >= 0.3 is 6.18 Å². The van der Waals surface area contributed by atoms with Gasteiger partial charge in [0.05, 0.1) is 5.92 Å². The Morgan fingerprint density at radius 3 is 2.50 bits per heavy atom. The summed E-state index contributed by atoms with van der Waals surface area (Å²) in [7, 11) is 0. The molecule has 0 aromatic heterocycles. The summed E-state index contributed by atoms with van der Waals surface area (Å²) in [5.41, 5.74) is 0.956. The van der Waals surface area contributed by atoms with Gasteiger partial charge < -0.3 is 0 Å². The Morgan fingerprint density at radius 1 is 1.33 bits per heavy atom. The van der Waals surface area contributed by atoms with Gasteiger partial charge in [0.2, 0.25) is 0 Å². The molecule has 12 heavy (non-hydrogen) atoms. The fourth-order valence-electron chi connectivity index (χ4n) is 1.71. The third-order valence-corrected chi connectivity index (χ3v) is 2.49. The first-order valence-corrected chi connectivity index (χ1v) is 4.01. The summed E-state index contributed by atoms with van der Waals surface area (Å²) in [4.78, 5) is 0. The van der Waals surface area contributed by atoms with Crippen molar-refractivity contribution in [3.8, 4) is 0 Å². The molecule has 0 bridgehead atoms. The van der Waals surface area contributed by atoms with Crippen LogP contribution in [-0.4, -0.2) is 6.18 Å². The Morgan fingerprint density at radius 2 is 2.08 bits per heavy atom. The molecule has 0 nitrogen and oxygen atoms in total. The standard InChI is InChI=1S/C9H9F3/c10-9(11,12)8-5-7(8)6-3-1-2-4-6/h1-3,7-8H,4-5H2/t7-,8+/m0/s1. The molecule has 0 radical (unpaired) electrons. The lowest BCUT2D eigenvalue weighted by Gasteiger charge is -2.05. The SMILES string of the molecule is FC(F)(F)[C@@H]1C[C@H]1C1=CC=CC1. The molecule has 0 unspecified atom stereocenters. The largest absolute Gasteiger partial charge is 0.392 e. The number of alkyl halides is 3. The maximum atomic E-state index is 12.1. The van der Waals surface area contributed by atoms with E-state index in [9.17, 15) is 13.2 Å². The highest BCUT2D eigenvalue weighted by Gasteiger charge is 2.56. The Kier molecular flexibility index (Phi) is 1.56. The van der Waals surface area contributed by atoms with Gasteiger partial charge in [0.25, 0.3) is 0 Å². The third kappa shape index (κ3) is 1.28. The van der Waals surface area contributed by atoms with Crippen LogP contribution in [-0.2, 0) is 0 Å². The van der Waals surface area contributed by atoms with E-state index in [1.165, 1.54) is 0 Å². The Labute approximate surface area is 68.8 Å². The average molecular weight is 174 g/mol. The van der Waals surface area contributed by atoms with E-state index in [4.69, 9.17) is 0 Å². The molecule has 0 N–H and O–H groups in total. The molecule has 66 valence electrons. The van der Waals surface area contributed by atoms with Crippen molar-refractivity contribution >= 4 is 0 Å². The van der Waals surface area contributed by atoms with Crippen molar-refractivity contribution in [2.45, 2.75) is 19.0 Å². The second-order valence-corrected chi connectivity index (χ2v) is 3.36. The molecular weight excluding hydrogens is 165 g/mol. The molecule has 0 spiro atoms. The maximum Gasteiger partial charge on any atom is 0.392 e. The first-order valence-electron chi connectivity index (χ1n) is 4.01. The Hall–Kier alpha value is -0.730. The van der Waals surface area contributed by atoms with Crippen molar-refractivity contribution in [2.24, 2.45) is 11.8 Å². The second-order valence-electron chi connectivity index (χ2n) is 3.36. The lowest BCUT2D eigenvalue weighted by molar-refractivity contribution is -0.149. The van der Waals surface area contributed by atoms with Crippen LogP contribution in [0.15, 0.2) is 23.8 Å².